The summed E-state index contributed by atoms with van der Waals surface area (Å²) in [6.45, 7) is 1.50. The molecule has 2 saturated heterocycles. The molecule has 0 radical (unpaired) electrons. The SMILES string of the molecule is O=C1OCC[C@H]1Sc1nnc(-c2cccc(S(=O)(=O)N3CCCC3)c2)n1-c1ccccc1. The van der Waals surface area contributed by atoms with E-state index in [1.165, 1.54) is 16.1 Å². The number of carbonyl (C=O) groups excluding carboxylic acids is 1. The van der Waals surface area contributed by atoms with Gasteiger partial charge in [0.1, 0.15) is 5.25 Å². The van der Waals surface area contributed by atoms with Gasteiger partial charge in [-0.25, -0.2) is 8.42 Å². The molecule has 0 spiro atoms. The van der Waals surface area contributed by atoms with Gasteiger partial charge in [-0.15, -0.1) is 10.2 Å². The average Bonchev–Trinajstić information content (AvgIpc) is 3.57. The summed E-state index contributed by atoms with van der Waals surface area (Å²) < 4.78 is 34.6. The molecule has 2 aliphatic heterocycles. The van der Waals surface area contributed by atoms with Crippen molar-refractivity contribution >= 4 is 27.8 Å². The number of thioether (sulfide) groups is 1. The maximum Gasteiger partial charge on any atom is 0.319 e. The summed E-state index contributed by atoms with van der Waals surface area (Å²) in [7, 11) is -3.56. The van der Waals surface area contributed by atoms with E-state index in [1.807, 2.05) is 41.0 Å². The molecule has 3 heterocycles. The molecule has 2 aliphatic rings. The fourth-order valence-corrected chi connectivity index (χ4v) is 6.51. The zero-order chi connectivity index (χ0) is 22.1. The predicted molar refractivity (Wildman–Crippen MR) is 120 cm³/mol. The Balaban J connectivity index is 1.57. The van der Waals surface area contributed by atoms with E-state index in [4.69, 9.17) is 4.74 Å². The number of hydrogen-bond acceptors (Lipinski definition) is 7. The molecule has 5 rings (SSSR count). The number of nitrogens with zero attached hydrogens (tertiary/aromatic N) is 4. The first kappa shape index (κ1) is 21.2. The standard InChI is InChI=1S/C22H22N4O4S2/c27-21-19(11-14-30-21)31-22-24-23-20(26(22)17-8-2-1-3-9-17)16-7-6-10-18(15-16)32(28,29)25-12-4-5-13-25/h1-3,6-10,15,19H,4-5,11-14H2/t19-/m1/s1. The molecule has 0 saturated carbocycles. The molecule has 2 aromatic carbocycles. The third-order valence-corrected chi connectivity index (χ3v) is 8.66. The third kappa shape index (κ3) is 3.94. The summed E-state index contributed by atoms with van der Waals surface area (Å²) >= 11 is 1.31. The van der Waals surface area contributed by atoms with Crippen LogP contribution in [0.15, 0.2) is 64.6 Å². The Morgan fingerprint density at radius 2 is 1.78 bits per heavy atom. The fourth-order valence-electron chi connectivity index (χ4n) is 3.93. The Morgan fingerprint density at radius 1 is 1.00 bits per heavy atom. The Labute approximate surface area is 190 Å². The van der Waals surface area contributed by atoms with Gasteiger partial charge in [0.2, 0.25) is 10.0 Å². The van der Waals surface area contributed by atoms with Gasteiger partial charge >= 0.3 is 5.97 Å². The average molecular weight is 471 g/mol. The van der Waals surface area contributed by atoms with Crippen LogP contribution < -0.4 is 0 Å². The van der Waals surface area contributed by atoms with Crippen LogP contribution >= 0.6 is 11.8 Å². The molecule has 1 atom stereocenters. The molecule has 166 valence electrons. The van der Waals surface area contributed by atoms with Crippen molar-refractivity contribution in [2.45, 2.75) is 34.6 Å². The summed E-state index contributed by atoms with van der Waals surface area (Å²) in [5, 5.41) is 8.95. The largest absolute Gasteiger partial charge is 0.465 e. The van der Waals surface area contributed by atoms with Crippen LogP contribution in [-0.4, -0.2) is 58.4 Å². The van der Waals surface area contributed by atoms with Gasteiger partial charge in [0.15, 0.2) is 11.0 Å². The van der Waals surface area contributed by atoms with Crippen LogP contribution in [0, 0.1) is 0 Å². The topological polar surface area (TPSA) is 94.4 Å². The Morgan fingerprint density at radius 3 is 2.50 bits per heavy atom. The van der Waals surface area contributed by atoms with Gasteiger partial charge in [-0.3, -0.25) is 9.36 Å². The quantitative estimate of drug-likeness (QED) is 0.511. The second-order valence-corrected chi connectivity index (χ2v) is 10.8. The van der Waals surface area contributed by atoms with E-state index in [-0.39, 0.29) is 16.1 Å². The molecular weight excluding hydrogens is 448 g/mol. The van der Waals surface area contributed by atoms with Crippen molar-refractivity contribution in [1.29, 1.82) is 0 Å². The summed E-state index contributed by atoms with van der Waals surface area (Å²) in [4.78, 5) is 12.3. The van der Waals surface area contributed by atoms with Crippen LogP contribution in [-0.2, 0) is 19.6 Å². The molecule has 8 nitrogen and oxygen atoms in total. The van der Waals surface area contributed by atoms with E-state index in [0.717, 1.165) is 18.5 Å². The van der Waals surface area contributed by atoms with E-state index in [9.17, 15) is 13.2 Å². The lowest BCUT2D eigenvalue weighted by atomic mass is 10.2. The van der Waals surface area contributed by atoms with E-state index < -0.39 is 10.0 Å². The number of cyclic esters (lactones) is 1. The number of sulfonamides is 1. The van der Waals surface area contributed by atoms with Gasteiger partial charge in [0, 0.05) is 30.8 Å². The first-order chi connectivity index (χ1) is 15.5. The number of para-hydroxylation sites is 1. The molecule has 0 N–H and O–H groups in total. The molecule has 1 aromatic heterocycles. The highest BCUT2D eigenvalue weighted by molar-refractivity contribution is 8.00. The van der Waals surface area contributed by atoms with Gasteiger partial charge < -0.3 is 4.74 Å². The number of aromatic nitrogens is 3. The van der Waals surface area contributed by atoms with Gasteiger partial charge in [0.25, 0.3) is 0 Å². The smallest absolute Gasteiger partial charge is 0.319 e. The maximum absolute atomic E-state index is 13.1. The molecule has 0 aliphatic carbocycles. The summed E-state index contributed by atoms with van der Waals surface area (Å²) in [6.07, 6.45) is 2.38. The summed E-state index contributed by atoms with van der Waals surface area (Å²) in [5.41, 5.74) is 1.47. The zero-order valence-electron chi connectivity index (χ0n) is 17.3. The number of carbonyl (C=O) groups is 1. The van der Waals surface area contributed by atoms with Crippen molar-refractivity contribution in [2.24, 2.45) is 0 Å². The van der Waals surface area contributed by atoms with Crippen LogP contribution in [0.25, 0.3) is 17.1 Å². The van der Waals surface area contributed by atoms with Crippen LogP contribution in [0.1, 0.15) is 19.3 Å². The molecule has 0 bridgehead atoms. The van der Waals surface area contributed by atoms with Crippen LogP contribution in [0.3, 0.4) is 0 Å². The third-order valence-electron chi connectivity index (χ3n) is 5.58. The highest BCUT2D eigenvalue weighted by atomic mass is 32.2. The predicted octanol–water partition coefficient (Wildman–Crippen LogP) is 3.13. The minimum atomic E-state index is -3.56. The molecule has 32 heavy (non-hydrogen) atoms. The molecule has 2 fully saturated rings. The Kier molecular flexibility index (Phi) is 5.75. The van der Waals surface area contributed by atoms with Crippen molar-refractivity contribution in [3.8, 4) is 17.1 Å². The van der Waals surface area contributed by atoms with Crippen molar-refractivity contribution in [3.63, 3.8) is 0 Å². The molecular formula is C22H22N4O4S2. The van der Waals surface area contributed by atoms with Gasteiger partial charge in [-0.1, -0.05) is 42.1 Å². The lowest BCUT2D eigenvalue weighted by molar-refractivity contribution is -0.137. The van der Waals surface area contributed by atoms with Gasteiger partial charge in [-0.2, -0.15) is 4.31 Å². The lowest BCUT2D eigenvalue weighted by Gasteiger charge is -2.16. The number of esters is 1. The summed E-state index contributed by atoms with van der Waals surface area (Å²) in [6, 6.07) is 16.4. The van der Waals surface area contributed by atoms with Crippen molar-refractivity contribution in [3.05, 3.63) is 54.6 Å². The number of rotatable bonds is 6. The second kappa shape index (κ2) is 8.68. The highest BCUT2D eigenvalue weighted by Crippen LogP contribution is 2.34. The van der Waals surface area contributed by atoms with E-state index in [2.05, 4.69) is 10.2 Å². The van der Waals surface area contributed by atoms with Gasteiger partial charge in [-0.05, 0) is 37.1 Å². The van der Waals surface area contributed by atoms with E-state index in [1.54, 1.807) is 18.2 Å². The maximum atomic E-state index is 13.1. The van der Waals surface area contributed by atoms with Crippen LogP contribution in [0.4, 0.5) is 0 Å². The molecule has 0 amide bonds. The van der Waals surface area contributed by atoms with Crippen molar-refractivity contribution in [1.82, 2.24) is 19.1 Å². The van der Waals surface area contributed by atoms with E-state index in [0.29, 0.717) is 42.7 Å². The molecule has 3 aromatic rings. The van der Waals surface area contributed by atoms with E-state index >= 15 is 0 Å². The minimum Gasteiger partial charge on any atom is -0.465 e. The Hall–Kier alpha value is -2.69. The molecule has 10 heteroatoms. The monoisotopic (exact) mass is 470 g/mol. The van der Waals surface area contributed by atoms with Gasteiger partial charge in [0.05, 0.1) is 11.5 Å². The lowest BCUT2D eigenvalue weighted by Crippen LogP contribution is -2.27. The first-order valence-electron chi connectivity index (χ1n) is 10.5. The second-order valence-electron chi connectivity index (χ2n) is 7.68. The fraction of sp³-hybridized carbons (Fsp3) is 0.318. The van der Waals surface area contributed by atoms with Crippen LogP contribution in [0.2, 0.25) is 0 Å². The van der Waals surface area contributed by atoms with Crippen molar-refractivity contribution < 1.29 is 17.9 Å². The van der Waals surface area contributed by atoms with Crippen LogP contribution in [0.5, 0.6) is 0 Å². The first-order valence-corrected chi connectivity index (χ1v) is 12.8. The Bertz CT molecular complexity index is 1240. The summed E-state index contributed by atoms with van der Waals surface area (Å²) in [5.74, 6) is 0.265. The molecule has 0 unspecified atom stereocenters. The highest BCUT2D eigenvalue weighted by Gasteiger charge is 2.31. The zero-order valence-corrected chi connectivity index (χ0v) is 18.9. The normalized spacial score (nSPS) is 19.4. The number of benzene rings is 2. The minimum absolute atomic E-state index is 0.244. The number of ether oxygens (including phenoxy) is 1. The van der Waals surface area contributed by atoms with Crippen molar-refractivity contribution in [2.75, 3.05) is 19.7 Å². The number of hydrogen-bond donors (Lipinski definition) is 0.